The molecule has 0 saturated carbocycles. The summed E-state index contributed by atoms with van der Waals surface area (Å²) >= 11 is 1.93. The molecule has 0 saturated heterocycles. The summed E-state index contributed by atoms with van der Waals surface area (Å²) in [5, 5.41) is 2.22. The summed E-state index contributed by atoms with van der Waals surface area (Å²) in [5.41, 5.74) is 0.911. The van der Waals surface area contributed by atoms with Crippen molar-refractivity contribution in [2.24, 2.45) is 10.8 Å². The lowest BCUT2D eigenvalue weighted by molar-refractivity contribution is 0.312. The highest BCUT2D eigenvalue weighted by molar-refractivity contribution is 7.10. The van der Waals surface area contributed by atoms with Crippen molar-refractivity contribution in [1.29, 1.82) is 0 Å². The van der Waals surface area contributed by atoms with Gasteiger partial charge in [0.2, 0.25) is 0 Å². The number of thiophene rings is 1. The van der Waals surface area contributed by atoms with Gasteiger partial charge in [0, 0.05) is 4.88 Å². The molecular formula is C17H30S. The van der Waals surface area contributed by atoms with Crippen molar-refractivity contribution >= 4 is 11.3 Å². The number of rotatable bonds is 5. The van der Waals surface area contributed by atoms with E-state index in [1.807, 2.05) is 11.3 Å². The molecule has 1 rings (SSSR count). The van der Waals surface area contributed by atoms with Crippen LogP contribution in [0.3, 0.4) is 0 Å². The third kappa shape index (κ3) is 6.58. The lowest BCUT2D eigenvalue weighted by Crippen LogP contribution is -2.11. The van der Waals surface area contributed by atoms with E-state index in [9.17, 15) is 0 Å². The van der Waals surface area contributed by atoms with Crippen LogP contribution < -0.4 is 0 Å². The van der Waals surface area contributed by atoms with Crippen molar-refractivity contribution in [2.45, 2.75) is 73.1 Å². The van der Waals surface area contributed by atoms with Gasteiger partial charge in [-0.3, -0.25) is 0 Å². The number of hydrogen-bond acceptors (Lipinski definition) is 1. The summed E-state index contributed by atoms with van der Waals surface area (Å²) in [6.07, 6.45) is 5.31. The quantitative estimate of drug-likeness (QED) is 0.572. The molecule has 1 heteroatoms. The van der Waals surface area contributed by atoms with Crippen LogP contribution in [0.15, 0.2) is 17.5 Å². The van der Waals surface area contributed by atoms with Crippen LogP contribution >= 0.6 is 11.3 Å². The van der Waals surface area contributed by atoms with Crippen LogP contribution in [0.2, 0.25) is 0 Å². The Morgan fingerprint density at radius 3 is 1.78 bits per heavy atom. The van der Waals surface area contributed by atoms with Gasteiger partial charge in [-0.05, 0) is 53.9 Å². The van der Waals surface area contributed by atoms with Crippen molar-refractivity contribution < 1.29 is 0 Å². The monoisotopic (exact) mass is 266 g/mol. The molecule has 0 bridgehead atoms. The second kappa shape index (κ2) is 6.23. The van der Waals surface area contributed by atoms with E-state index in [2.05, 4.69) is 59.1 Å². The normalized spacial score (nSPS) is 13.3. The molecule has 0 aliphatic carbocycles. The third-order valence-corrected chi connectivity index (χ3v) is 4.47. The molecule has 0 atom stereocenters. The molecule has 0 nitrogen and oxygen atoms in total. The van der Waals surface area contributed by atoms with Crippen LogP contribution in [-0.4, -0.2) is 0 Å². The molecule has 0 fully saturated rings. The zero-order chi connectivity index (χ0) is 13.8. The zero-order valence-electron chi connectivity index (χ0n) is 13.0. The van der Waals surface area contributed by atoms with Crippen molar-refractivity contribution in [1.82, 2.24) is 0 Å². The highest BCUT2D eigenvalue weighted by Crippen LogP contribution is 2.36. The zero-order valence-corrected chi connectivity index (χ0v) is 13.9. The van der Waals surface area contributed by atoms with Gasteiger partial charge in [-0.15, -0.1) is 11.3 Å². The molecule has 0 radical (unpaired) electrons. The SMILES string of the molecule is CC(C)(C)CCC(CCC(C)(C)C)c1cccs1. The average Bonchev–Trinajstić information content (AvgIpc) is 2.67. The summed E-state index contributed by atoms with van der Waals surface area (Å²) in [5.74, 6) is 0.767. The molecule has 1 aromatic rings. The lowest BCUT2D eigenvalue weighted by Gasteiger charge is -2.25. The minimum Gasteiger partial charge on any atom is -0.149 e. The first kappa shape index (κ1) is 15.8. The molecular weight excluding hydrogens is 236 g/mol. The molecule has 0 spiro atoms. The topological polar surface area (TPSA) is 0 Å². The predicted octanol–water partition coefficient (Wildman–Crippen LogP) is 6.48. The molecule has 0 aliphatic rings. The van der Waals surface area contributed by atoms with Crippen LogP contribution in [0.25, 0.3) is 0 Å². The Hall–Kier alpha value is -0.300. The van der Waals surface area contributed by atoms with Gasteiger partial charge in [-0.1, -0.05) is 47.6 Å². The van der Waals surface area contributed by atoms with E-state index < -0.39 is 0 Å². The minimum atomic E-state index is 0.456. The Labute approximate surface area is 118 Å². The van der Waals surface area contributed by atoms with E-state index in [4.69, 9.17) is 0 Å². The largest absolute Gasteiger partial charge is 0.149 e. The molecule has 18 heavy (non-hydrogen) atoms. The van der Waals surface area contributed by atoms with Gasteiger partial charge in [0.05, 0.1) is 0 Å². The van der Waals surface area contributed by atoms with Crippen molar-refractivity contribution in [2.75, 3.05) is 0 Å². The van der Waals surface area contributed by atoms with Crippen LogP contribution in [0, 0.1) is 10.8 Å². The number of hydrogen-bond donors (Lipinski definition) is 0. The standard InChI is InChI=1S/C17H30S/c1-16(2,3)11-9-14(10-12-17(4,5)6)15-8-7-13-18-15/h7-8,13-14H,9-12H2,1-6H3. The van der Waals surface area contributed by atoms with Crippen LogP contribution in [0.1, 0.15) is 78.0 Å². The van der Waals surface area contributed by atoms with Gasteiger partial charge in [0.25, 0.3) is 0 Å². The van der Waals surface area contributed by atoms with Gasteiger partial charge < -0.3 is 0 Å². The highest BCUT2D eigenvalue weighted by atomic mass is 32.1. The summed E-state index contributed by atoms with van der Waals surface area (Å²) in [4.78, 5) is 1.59. The van der Waals surface area contributed by atoms with Gasteiger partial charge in [-0.25, -0.2) is 0 Å². The fourth-order valence-corrected chi connectivity index (χ4v) is 3.07. The predicted molar refractivity (Wildman–Crippen MR) is 84.4 cm³/mol. The van der Waals surface area contributed by atoms with Gasteiger partial charge in [0.1, 0.15) is 0 Å². The second-order valence-corrected chi connectivity index (χ2v) is 8.89. The molecule has 0 amide bonds. The first-order valence-electron chi connectivity index (χ1n) is 7.21. The van der Waals surface area contributed by atoms with Crippen LogP contribution in [0.5, 0.6) is 0 Å². The van der Waals surface area contributed by atoms with Crippen LogP contribution in [-0.2, 0) is 0 Å². The molecule has 0 aliphatic heterocycles. The maximum Gasteiger partial charge on any atom is 0.00761 e. The van der Waals surface area contributed by atoms with E-state index in [0.717, 1.165) is 5.92 Å². The Bertz CT molecular complexity index is 303. The molecule has 1 heterocycles. The van der Waals surface area contributed by atoms with Gasteiger partial charge in [-0.2, -0.15) is 0 Å². The van der Waals surface area contributed by atoms with Crippen molar-refractivity contribution in [3.8, 4) is 0 Å². The fraction of sp³-hybridized carbons (Fsp3) is 0.765. The van der Waals surface area contributed by atoms with E-state index >= 15 is 0 Å². The van der Waals surface area contributed by atoms with Crippen LogP contribution in [0.4, 0.5) is 0 Å². The Kier molecular flexibility index (Phi) is 5.46. The first-order chi connectivity index (χ1) is 8.17. The first-order valence-corrected chi connectivity index (χ1v) is 8.09. The Morgan fingerprint density at radius 2 is 1.44 bits per heavy atom. The van der Waals surface area contributed by atoms with E-state index in [0.29, 0.717) is 10.8 Å². The highest BCUT2D eigenvalue weighted by Gasteiger charge is 2.20. The fourth-order valence-electron chi connectivity index (χ4n) is 2.17. The van der Waals surface area contributed by atoms with Crippen molar-refractivity contribution in [3.05, 3.63) is 22.4 Å². The molecule has 1 aromatic heterocycles. The molecule has 104 valence electrons. The summed E-state index contributed by atoms with van der Waals surface area (Å²) < 4.78 is 0. The summed E-state index contributed by atoms with van der Waals surface area (Å²) in [6, 6.07) is 4.52. The maximum absolute atomic E-state index is 2.35. The van der Waals surface area contributed by atoms with E-state index in [-0.39, 0.29) is 0 Å². The molecule has 0 aromatic carbocycles. The second-order valence-electron chi connectivity index (χ2n) is 7.91. The average molecular weight is 266 g/mol. The van der Waals surface area contributed by atoms with Gasteiger partial charge >= 0.3 is 0 Å². The van der Waals surface area contributed by atoms with Crippen molar-refractivity contribution in [3.63, 3.8) is 0 Å². The maximum atomic E-state index is 2.35. The molecule has 0 N–H and O–H groups in total. The third-order valence-electron chi connectivity index (χ3n) is 3.43. The molecule has 0 unspecified atom stereocenters. The Morgan fingerprint density at radius 1 is 0.944 bits per heavy atom. The van der Waals surface area contributed by atoms with E-state index in [1.165, 1.54) is 25.7 Å². The van der Waals surface area contributed by atoms with E-state index in [1.54, 1.807) is 4.88 Å². The summed E-state index contributed by atoms with van der Waals surface area (Å²) in [6.45, 7) is 14.1. The lowest BCUT2D eigenvalue weighted by atomic mass is 9.81. The summed E-state index contributed by atoms with van der Waals surface area (Å²) in [7, 11) is 0. The minimum absolute atomic E-state index is 0.456. The smallest absolute Gasteiger partial charge is 0.00761 e. The van der Waals surface area contributed by atoms with Gasteiger partial charge in [0.15, 0.2) is 0 Å². The Balaban J connectivity index is 2.59.